The fraction of sp³-hybridized carbons (Fsp3) is 0.875. The van der Waals surface area contributed by atoms with Crippen LogP contribution in [0.4, 0.5) is 0 Å². The average molecular weight is 154 g/mol. The Bertz CT molecular complexity index is 183. The van der Waals surface area contributed by atoms with Gasteiger partial charge in [-0.25, -0.2) is 0 Å². The largest absolute Gasteiger partial charge is 0.349 e. The predicted molar refractivity (Wildman–Crippen MR) is 42.2 cm³/mol. The highest BCUT2D eigenvalue weighted by molar-refractivity contribution is 5.85. The Morgan fingerprint density at radius 1 is 1.73 bits per heavy atom. The molecule has 3 nitrogen and oxygen atoms in total. The van der Waals surface area contributed by atoms with Crippen molar-refractivity contribution in [3.8, 4) is 0 Å². The number of carbonyl (C=O) groups is 1. The number of likely N-dealkylation sites (tertiary alicyclic amines) is 1. The number of likely N-dealkylation sites (N-methyl/N-ethyl adjacent to an activating group) is 1. The Hall–Kier alpha value is -0.570. The third-order valence-corrected chi connectivity index (χ3v) is 2.78. The first-order valence-electron chi connectivity index (χ1n) is 4.27. The summed E-state index contributed by atoms with van der Waals surface area (Å²) in [6.07, 6.45) is 1.90. The maximum absolute atomic E-state index is 10.7. The van der Waals surface area contributed by atoms with Gasteiger partial charge in [0, 0.05) is 13.1 Å². The third kappa shape index (κ3) is 1.03. The summed E-state index contributed by atoms with van der Waals surface area (Å²) in [5.74, 6) is 0.225. The molecule has 2 aliphatic heterocycles. The van der Waals surface area contributed by atoms with Crippen molar-refractivity contribution in [2.45, 2.75) is 25.3 Å². The predicted octanol–water partition coefficient (Wildman–Crippen LogP) is -0.0293. The monoisotopic (exact) mass is 154 g/mol. The number of carbonyl (C=O) groups excluding carboxylic acids is 1. The van der Waals surface area contributed by atoms with Crippen LogP contribution in [0.2, 0.25) is 0 Å². The molecule has 1 atom stereocenters. The number of β-lactam (4-membered cyclic amide) rings is 1. The number of nitrogens with one attached hydrogen (secondary N) is 1. The molecule has 1 N–H and O–H groups in total. The standard InChI is InChI=1S/C8H14N2O/c1-2-10-4-3-8(6-10)5-7(11)9-8/h2-6H2,1H3,(H,9,11). The number of amides is 1. The zero-order valence-electron chi connectivity index (χ0n) is 6.89. The summed E-state index contributed by atoms with van der Waals surface area (Å²) in [6, 6.07) is 0. The van der Waals surface area contributed by atoms with Crippen LogP contribution < -0.4 is 5.32 Å². The van der Waals surface area contributed by atoms with Gasteiger partial charge in [-0.2, -0.15) is 0 Å². The normalized spacial score (nSPS) is 37.4. The summed E-state index contributed by atoms with van der Waals surface area (Å²) in [5.41, 5.74) is 0.188. The zero-order valence-corrected chi connectivity index (χ0v) is 6.89. The van der Waals surface area contributed by atoms with Crippen LogP contribution in [0.1, 0.15) is 19.8 Å². The summed E-state index contributed by atoms with van der Waals surface area (Å²) in [5, 5.41) is 3.00. The van der Waals surface area contributed by atoms with E-state index in [1.54, 1.807) is 0 Å². The van der Waals surface area contributed by atoms with Crippen LogP contribution >= 0.6 is 0 Å². The molecule has 11 heavy (non-hydrogen) atoms. The molecule has 0 bridgehead atoms. The number of rotatable bonds is 1. The second-order valence-electron chi connectivity index (χ2n) is 3.62. The maximum atomic E-state index is 10.7. The van der Waals surface area contributed by atoms with Gasteiger partial charge in [0.25, 0.3) is 0 Å². The van der Waals surface area contributed by atoms with Crippen LogP contribution in [0.25, 0.3) is 0 Å². The van der Waals surface area contributed by atoms with E-state index in [2.05, 4.69) is 17.1 Å². The van der Waals surface area contributed by atoms with Crippen LogP contribution in [0.5, 0.6) is 0 Å². The van der Waals surface area contributed by atoms with E-state index in [9.17, 15) is 4.79 Å². The molecule has 2 heterocycles. The van der Waals surface area contributed by atoms with E-state index in [0.717, 1.165) is 32.5 Å². The molecule has 0 aromatic heterocycles. The Kier molecular flexibility index (Phi) is 1.42. The first kappa shape index (κ1) is 7.10. The molecule has 2 rings (SSSR count). The average Bonchev–Trinajstić information content (AvgIpc) is 2.31. The highest BCUT2D eigenvalue weighted by Gasteiger charge is 2.46. The van der Waals surface area contributed by atoms with Gasteiger partial charge in [-0.1, -0.05) is 6.92 Å². The van der Waals surface area contributed by atoms with Crippen LogP contribution in [-0.2, 0) is 4.79 Å². The molecular formula is C8H14N2O. The first-order chi connectivity index (χ1) is 5.24. The zero-order chi connectivity index (χ0) is 7.90. The van der Waals surface area contributed by atoms with E-state index >= 15 is 0 Å². The Balaban J connectivity index is 1.94. The third-order valence-electron chi connectivity index (χ3n) is 2.78. The summed E-state index contributed by atoms with van der Waals surface area (Å²) in [6.45, 7) is 5.49. The number of hydrogen-bond donors (Lipinski definition) is 1. The minimum Gasteiger partial charge on any atom is -0.349 e. The molecule has 1 spiro atoms. The van der Waals surface area contributed by atoms with Gasteiger partial charge < -0.3 is 10.2 Å². The minimum atomic E-state index is 0.188. The lowest BCUT2D eigenvalue weighted by atomic mass is 9.86. The summed E-state index contributed by atoms with van der Waals surface area (Å²) < 4.78 is 0. The van der Waals surface area contributed by atoms with E-state index in [-0.39, 0.29) is 11.4 Å². The van der Waals surface area contributed by atoms with E-state index in [1.165, 1.54) is 0 Å². The van der Waals surface area contributed by atoms with E-state index in [4.69, 9.17) is 0 Å². The second kappa shape index (κ2) is 2.21. The van der Waals surface area contributed by atoms with E-state index in [0.29, 0.717) is 0 Å². The van der Waals surface area contributed by atoms with Gasteiger partial charge in [0.05, 0.1) is 12.0 Å². The molecule has 2 saturated heterocycles. The fourth-order valence-electron chi connectivity index (χ4n) is 2.06. The van der Waals surface area contributed by atoms with Gasteiger partial charge in [-0.05, 0) is 13.0 Å². The van der Waals surface area contributed by atoms with Gasteiger partial charge in [0.1, 0.15) is 0 Å². The van der Waals surface area contributed by atoms with Crippen LogP contribution in [0.3, 0.4) is 0 Å². The van der Waals surface area contributed by atoms with Gasteiger partial charge in [0.15, 0.2) is 0 Å². The molecular weight excluding hydrogens is 140 g/mol. The smallest absolute Gasteiger partial charge is 0.222 e. The molecule has 2 aliphatic rings. The highest BCUT2D eigenvalue weighted by atomic mass is 16.2. The van der Waals surface area contributed by atoms with E-state index in [1.807, 2.05) is 0 Å². The van der Waals surface area contributed by atoms with Crippen molar-refractivity contribution in [2.75, 3.05) is 19.6 Å². The second-order valence-corrected chi connectivity index (χ2v) is 3.62. The Morgan fingerprint density at radius 3 is 2.91 bits per heavy atom. The molecule has 1 amide bonds. The molecule has 0 saturated carbocycles. The molecule has 62 valence electrons. The van der Waals surface area contributed by atoms with Crippen LogP contribution in [-0.4, -0.2) is 36.0 Å². The van der Waals surface area contributed by atoms with Crippen molar-refractivity contribution in [3.63, 3.8) is 0 Å². The van der Waals surface area contributed by atoms with E-state index < -0.39 is 0 Å². The molecule has 0 aliphatic carbocycles. The molecule has 0 radical (unpaired) electrons. The van der Waals surface area contributed by atoms with Gasteiger partial charge >= 0.3 is 0 Å². The van der Waals surface area contributed by atoms with Gasteiger partial charge in [-0.15, -0.1) is 0 Å². The summed E-state index contributed by atoms with van der Waals surface area (Å²) >= 11 is 0. The van der Waals surface area contributed by atoms with Crippen molar-refractivity contribution in [2.24, 2.45) is 0 Å². The number of nitrogens with zero attached hydrogens (tertiary/aromatic N) is 1. The molecule has 2 fully saturated rings. The number of hydrogen-bond acceptors (Lipinski definition) is 2. The first-order valence-corrected chi connectivity index (χ1v) is 4.27. The quantitative estimate of drug-likeness (QED) is 0.538. The lowest BCUT2D eigenvalue weighted by Gasteiger charge is -2.38. The Labute approximate surface area is 66.8 Å². The van der Waals surface area contributed by atoms with Gasteiger partial charge in [0.2, 0.25) is 5.91 Å². The maximum Gasteiger partial charge on any atom is 0.222 e. The highest BCUT2D eigenvalue weighted by Crippen LogP contribution is 2.30. The molecule has 0 aromatic carbocycles. The van der Waals surface area contributed by atoms with Crippen molar-refractivity contribution < 1.29 is 4.79 Å². The molecule has 3 heteroatoms. The lowest BCUT2D eigenvalue weighted by molar-refractivity contribution is -0.132. The van der Waals surface area contributed by atoms with Crippen molar-refractivity contribution >= 4 is 5.91 Å². The SMILES string of the molecule is CCN1CCC2(CC(=O)N2)C1. The van der Waals surface area contributed by atoms with Crippen LogP contribution in [0, 0.1) is 0 Å². The summed E-state index contributed by atoms with van der Waals surface area (Å²) in [7, 11) is 0. The van der Waals surface area contributed by atoms with Crippen molar-refractivity contribution in [3.05, 3.63) is 0 Å². The fourth-order valence-corrected chi connectivity index (χ4v) is 2.06. The molecule has 1 unspecified atom stereocenters. The summed E-state index contributed by atoms with van der Waals surface area (Å²) in [4.78, 5) is 13.1. The van der Waals surface area contributed by atoms with Gasteiger partial charge in [-0.3, -0.25) is 4.79 Å². The molecule has 0 aromatic rings. The minimum absolute atomic E-state index is 0.188. The van der Waals surface area contributed by atoms with Crippen molar-refractivity contribution in [1.82, 2.24) is 10.2 Å². The van der Waals surface area contributed by atoms with Crippen molar-refractivity contribution in [1.29, 1.82) is 0 Å². The lowest BCUT2D eigenvalue weighted by Crippen LogP contribution is -2.62. The topological polar surface area (TPSA) is 32.3 Å². The Morgan fingerprint density at radius 2 is 2.45 bits per heavy atom. The van der Waals surface area contributed by atoms with Crippen LogP contribution in [0.15, 0.2) is 0 Å².